The molecule has 0 unspecified atom stereocenters. The first-order valence-electron chi connectivity index (χ1n) is 8.38. The fourth-order valence-corrected chi connectivity index (χ4v) is 3.59. The van der Waals surface area contributed by atoms with E-state index < -0.39 is 10.0 Å². The lowest BCUT2D eigenvalue weighted by Gasteiger charge is -2.20. The van der Waals surface area contributed by atoms with E-state index >= 15 is 0 Å². The Morgan fingerprint density at radius 2 is 2.08 bits per heavy atom. The molecule has 0 saturated carbocycles. The Kier molecular flexibility index (Phi) is 5.28. The number of carbonyl (C=O) groups excluding carboxylic acids is 1. The summed E-state index contributed by atoms with van der Waals surface area (Å²) in [6, 6.07) is 7.57. The Morgan fingerprint density at radius 1 is 1.31 bits per heavy atom. The number of nitrogens with zero attached hydrogens (tertiary/aromatic N) is 3. The zero-order chi connectivity index (χ0) is 18.7. The summed E-state index contributed by atoms with van der Waals surface area (Å²) in [4.78, 5) is 17.7. The Balaban J connectivity index is 1.62. The van der Waals surface area contributed by atoms with Gasteiger partial charge in [0.2, 0.25) is 0 Å². The smallest absolute Gasteiger partial charge is 0.260 e. The summed E-state index contributed by atoms with van der Waals surface area (Å²) in [6.45, 7) is 4.57. The summed E-state index contributed by atoms with van der Waals surface area (Å²) < 4.78 is 34.4. The van der Waals surface area contributed by atoms with Crippen molar-refractivity contribution in [1.82, 2.24) is 19.2 Å². The summed E-state index contributed by atoms with van der Waals surface area (Å²) in [7, 11) is -3.71. The summed E-state index contributed by atoms with van der Waals surface area (Å²) >= 11 is 0. The highest BCUT2D eigenvalue weighted by Crippen LogP contribution is 2.22. The van der Waals surface area contributed by atoms with Gasteiger partial charge in [-0.25, -0.2) is 18.1 Å². The van der Waals surface area contributed by atoms with Crippen LogP contribution in [0.4, 0.5) is 0 Å². The lowest BCUT2D eigenvalue weighted by molar-refractivity contribution is -0.133. The number of rotatable bonds is 6. The molecule has 3 rings (SSSR count). The van der Waals surface area contributed by atoms with E-state index in [1.165, 1.54) is 12.5 Å². The number of ether oxygens (including phenoxy) is 1. The molecule has 1 aliphatic heterocycles. The minimum absolute atomic E-state index is 0.0259. The molecule has 2 heterocycles. The highest BCUT2D eigenvalue weighted by Gasteiger charge is 2.22. The Morgan fingerprint density at radius 3 is 2.81 bits per heavy atom. The van der Waals surface area contributed by atoms with Gasteiger partial charge in [0.25, 0.3) is 15.9 Å². The predicted octanol–water partition coefficient (Wildman–Crippen LogP) is 1.16. The van der Waals surface area contributed by atoms with Crippen LogP contribution in [0.2, 0.25) is 0 Å². The van der Waals surface area contributed by atoms with E-state index in [4.69, 9.17) is 4.74 Å². The van der Waals surface area contributed by atoms with Gasteiger partial charge in [0.15, 0.2) is 11.6 Å². The van der Waals surface area contributed by atoms with E-state index in [-0.39, 0.29) is 36.7 Å². The molecule has 26 heavy (non-hydrogen) atoms. The van der Waals surface area contributed by atoms with Crippen molar-refractivity contribution in [2.75, 3.05) is 19.7 Å². The van der Waals surface area contributed by atoms with Crippen molar-refractivity contribution in [2.45, 2.75) is 31.5 Å². The summed E-state index contributed by atoms with van der Waals surface area (Å²) in [6.07, 6.45) is 2.99. The van der Waals surface area contributed by atoms with Crippen molar-refractivity contribution in [3.05, 3.63) is 42.4 Å². The fraction of sp³-hybridized carbons (Fsp3) is 0.412. The van der Waals surface area contributed by atoms with Crippen LogP contribution in [0.15, 0.2) is 41.8 Å². The molecule has 1 amide bonds. The normalized spacial score (nSPS) is 14.9. The van der Waals surface area contributed by atoms with Crippen molar-refractivity contribution in [2.24, 2.45) is 0 Å². The second kappa shape index (κ2) is 7.46. The third-order valence-corrected chi connectivity index (χ3v) is 5.51. The molecule has 140 valence electrons. The molecule has 0 fully saturated rings. The van der Waals surface area contributed by atoms with Crippen molar-refractivity contribution in [3.8, 4) is 5.75 Å². The van der Waals surface area contributed by atoms with Crippen LogP contribution in [0.5, 0.6) is 5.75 Å². The Bertz CT molecular complexity index is 892. The van der Waals surface area contributed by atoms with Crippen LogP contribution in [0.1, 0.15) is 25.5 Å². The third-order valence-electron chi connectivity index (χ3n) is 4.16. The molecule has 0 atom stereocenters. The van der Waals surface area contributed by atoms with E-state index in [2.05, 4.69) is 9.71 Å². The maximum Gasteiger partial charge on any atom is 0.260 e. The molecule has 0 radical (unpaired) electrons. The first-order chi connectivity index (χ1) is 12.4. The summed E-state index contributed by atoms with van der Waals surface area (Å²) in [5.41, 5.74) is 0.900. The number of hydrogen-bond donors (Lipinski definition) is 1. The zero-order valence-corrected chi connectivity index (χ0v) is 15.6. The van der Waals surface area contributed by atoms with Crippen LogP contribution in [0, 0.1) is 0 Å². The monoisotopic (exact) mass is 378 g/mol. The number of hydrogen-bond acceptors (Lipinski definition) is 5. The van der Waals surface area contributed by atoms with Crippen LogP contribution in [0.25, 0.3) is 0 Å². The first kappa shape index (κ1) is 18.4. The largest absolute Gasteiger partial charge is 0.483 e. The molecular weight excluding hydrogens is 356 g/mol. The van der Waals surface area contributed by atoms with Gasteiger partial charge in [-0.1, -0.05) is 18.2 Å². The second-order valence-corrected chi connectivity index (χ2v) is 8.08. The van der Waals surface area contributed by atoms with Gasteiger partial charge in [0, 0.05) is 37.4 Å². The lowest BCUT2D eigenvalue weighted by Crippen LogP contribution is -2.39. The first-order valence-corrected chi connectivity index (χ1v) is 9.87. The van der Waals surface area contributed by atoms with E-state index in [1.807, 2.05) is 38.1 Å². The zero-order valence-electron chi connectivity index (χ0n) is 14.8. The van der Waals surface area contributed by atoms with Gasteiger partial charge in [-0.05, 0) is 19.9 Å². The quantitative estimate of drug-likeness (QED) is 0.814. The van der Waals surface area contributed by atoms with Crippen molar-refractivity contribution in [1.29, 1.82) is 0 Å². The minimum atomic E-state index is -3.71. The summed E-state index contributed by atoms with van der Waals surface area (Å²) in [5, 5.41) is -0.0259. The van der Waals surface area contributed by atoms with E-state index in [1.54, 1.807) is 9.47 Å². The molecule has 2 aromatic rings. The Hall–Kier alpha value is -2.39. The average molecular weight is 378 g/mol. The van der Waals surface area contributed by atoms with Crippen LogP contribution in [0.3, 0.4) is 0 Å². The van der Waals surface area contributed by atoms with Crippen LogP contribution in [-0.2, 0) is 21.4 Å². The minimum Gasteiger partial charge on any atom is -0.483 e. The van der Waals surface area contributed by atoms with E-state index in [9.17, 15) is 13.2 Å². The van der Waals surface area contributed by atoms with Gasteiger partial charge < -0.3 is 14.2 Å². The second-order valence-electron chi connectivity index (χ2n) is 6.36. The van der Waals surface area contributed by atoms with Crippen LogP contribution < -0.4 is 9.46 Å². The third kappa shape index (κ3) is 4.05. The Labute approximate surface area is 152 Å². The number of benzene rings is 1. The number of imidazole rings is 1. The lowest BCUT2D eigenvalue weighted by atomic mass is 10.2. The number of fused-ring (bicyclic) bond motifs is 1. The number of sulfonamides is 1. The van der Waals surface area contributed by atoms with Crippen LogP contribution >= 0.6 is 0 Å². The van der Waals surface area contributed by atoms with Gasteiger partial charge in [-0.2, -0.15) is 0 Å². The molecule has 1 aromatic carbocycles. The van der Waals surface area contributed by atoms with Crippen LogP contribution in [-0.4, -0.2) is 48.5 Å². The molecule has 1 aromatic heterocycles. The molecule has 0 spiro atoms. The molecule has 8 nitrogen and oxygen atoms in total. The molecule has 9 heteroatoms. The highest BCUT2D eigenvalue weighted by molar-refractivity contribution is 7.89. The number of para-hydroxylation sites is 1. The van der Waals surface area contributed by atoms with Gasteiger partial charge >= 0.3 is 0 Å². The molecular formula is C17H22N4O4S. The molecule has 0 aliphatic carbocycles. The molecule has 0 bridgehead atoms. The maximum absolute atomic E-state index is 12.3. The van der Waals surface area contributed by atoms with Gasteiger partial charge in [0.05, 0.1) is 6.33 Å². The van der Waals surface area contributed by atoms with Gasteiger partial charge in [0.1, 0.15) is 5.75 Å². The fourth-order valence-electron chi connectivity index (χ4n) is 2.63. The van der Waals surface area contributed by atoms with Gasteiger partial charge in [-0.3, -0.25) is 4.79 Å². The standard InChI is InChI=1S/C17H22N4O4S/c1-13(2)21-10-16(18-12-21)26(23,24)19-7-8-20-9-14-5-3-4-6-15(14)25-11-17(20)22/h3-6,10,12-13,19H,7-9,11H2,1-2H3. The van der Waals surface area contributed by atoms with E-state index in [0.717, 1.165) is 5.56 Å². The molecule has 1 N–H and O–H groups in total. The number of aromatic nitrogens is 2. The van der Waals surface area contributed by atoms with Crippen molar-refractivity contribution in [3.63, 3.8) is 0 Å². The number of amides is 1. The number of carbonyl (C=O) groups is 1. The summed E-state index contributed by atoms with van der Waals surface area (Å²) in [5.74, 6) is 0.507. The number of nitrogens with one attached hydrogen (secondary N) is 1. The predicted molar refractivity (Wildman–Crippen MR) is 95.2 cm³/mol. The SMILES string of the molecule is CC(C)n1cnc(S(=O)(=O)NCCN2Cc3ccccc3OCC2=O)c1. The van der Waals surface area contributed by atoms with Gasteiger partial charge in [-0.15, -0.1) is 0 Å². The maximum atomic E-state index is 12.3. The molecule has 0 saturated heterocycles. The highest BCUT2D eigenvalue weighted by atomic mass is 32.2. The van der Waals surface area contributed by atoms with Crippen molar-refractivity contribution >= 4 is 15.9 Å². The topological polar surface area (TPSA) is 93.5 Å². The van der Waals surface area contributed by atoms with E-state index in [0.29, 0.717) is 12.3 Å². The average Bonchev–Trinajstić information content (AvgIpc) is 3.05. The molecule has 1 aliphatic rings. The van der Waals surface area contributed by atoms with Crippen molar-refractivity contribution < 1.29 is 17.9 Å².